The first kappa shape index (κ1) is 19.7. The number of rotatable bonds is 6. The Labute approximate surface area is 176 Å². The fourth-order valence-electron chi connectivity index (χ4n) is 3.30. The van der Waals surface area contributed by atoms with Gasteiger partial charge in [-0.2, -0.15) is 5.26 Å². The zero-order valence-corrected chi connectivity index (χ0v) is 17.8. The van der Waals surface area contributed by atoms with E-state index in [1.807, 2.05) is 17.6 Å². The summed E-state index contributed by atoms with van der Waals surface area (Å²) in [7, 11) is 2.06. The van der Waals surface area contributed by atoms with Crippen molar-refractivity contribution >= 4 is 34.0 Å². The van der Waals surface area contributed by atoms with E-state index in [-0.39, 0.29) is 11.7 Å². The molecule has 3 aromatic rings. The number of carbonyl (C=O) groups excluding carboxylic acids is 1. The molecule has 0 saturated heterocycles. The van der Waals surface area contributed by atoms with Gasteiger partial charge in [0.25, 0.3) is 0 Å². The van der Waals surface area contributed by atoms with Gasteiger partial charge < -0.3 is 14.6 Å². The Morgan fingerprint density at radius 3 is 3.07 bits per heavy atom. The minimum atomic E-state index is -0.163. The third-order valence-electron chi connectivity index (χ3n) is 4.72. The molecule has 0 aromatic carbocycles. The highest BCUT2D eigenvalue weighted by molar-refractivity contribution is 7.99. The summed E-state index contributed by atoms with van der Waals surface area (Å²) in [5, 5.41) is 22.2. The molecule has 1 amide bonds. The maximum Gasteiger partial charge on any atom is 0.235 e. The van der Waals surface area contributed by atoms with Crippen molar-refractivity contribution in [1.29, 1.82) is 5.26 Å². The van der Waals surface area contributed by atoms with Crippen LogP contribution in [0.4, 0.5) is 5.00 Å². The second kappa shape index (κ2) is 8.41. The lowest BCUT2D eigenvalue weighted by Crippen LogP contribution is -2.25. The van der Waals surface area contributed by atoms with Gasteiger partial charge in [-0.05, 0) is 38.1 Å². The van der Waals surface area contributed by atoms with E-state index in [4.69, 9.17) is 4.42 Å². The summed E-state index contributed by atoms with van der Waals surface area (Å²) in [5.41, 5.74) is 1.68. The third kappa shape index (κ3) is 3.94. The van der Waals surface area contributed by atoms with Crippen LogP contribution < -0.4 is 5.32 Å². The van der Waals surface area contributed by atoms with Crippen LogP contribution in [0.5, 0.6) is 0 Å². The highest BCUT2D eigenvalue weighted by atomic mass is 32.2. The number of anilines is 1. The Balaban J connectivity index is 1.45. The van der Waals surface area contributed by atoms with E-state index >= 15 is 0 Å². The summed E-state index contributed by atoms with van der Waals surface area (Å²) in [6, 6.07) is 5.90. The molecule has 4 heterocycles. The molecule has 3 aromatic heterocycles. The molecule has 0 atom stereocenters. The van der Waals surface area contributed by atoms with Crippen LogP contribution >= 0.6 is 23.1 Å². The normalized spacial score (nSPS) is 13.8. The number of hydrogen-bond acceptors (Lipinski definition) is 8. The van der Waals surface area contributed by atoms with Crippen LogP contribution in [-0.4, -0.2) is 44.9 Å². The summed E-state index contributed by atoms with van der Waals surface area (Å²) in [5.74, 6) is 1.30. The molecule has 10 heteroatoms. The Hall–Kier alpha value is -2.61. The summed E-state index contributed by atoms with van der Waals surface area (Å²) in [6.07, 6.45) is 2.43. The van der Waals surface area contributed by atoms with E-state index in [1.165, 1.54) is 23.1 Å². The van der Waals surface area contributed by atoms with Crippen LogP contribution in [0.25, 0.3) is 11.6 Å². The Morgan fingerprint density at radius 1 is 1.48 bits per heavy atom. The molecule has 0 fully saturated rings. The summed E-state index contributed by atoms with van der Waals surface area (Å²) < 4.78 is 7.32. The molecule has 150 valence electrons. The van der Waals surface area contributed by atoms with Crippen molar-refractivity contribution in [2.45, 2.75) is 31.6 Å². The van der Waals surface area contributed by atoms with E-state index in [0.29, 0.717) is 33.9 Å². The quantitative estimate of drug-likeness (QED) is 0.602. The molecule has 0 saturated carbocycles. The smallest absolute Gasteiger partial charge is 0.235 e. The molecule has 0 radical (unpaired) electrons. The van der Waals surface area contributed by atoms with Crippen molar-refractivity contribution in [3.8, 4) is 17.7 Å². The second-order valence-electron chi connectivity index (χ2n) is 6.67. The Kier molecular flexibility index (Phi) is 5.71. The van der Waals surface area contributed by atoms with Gasteiger partial charge >= 0.3 is 0 Å². The van der Waals surface area contributed by atoms with Gasteiger partial charge in [-0.3, -0.25) is 9.36 Å². The van der Waals surface area contributed by atoms with Crippen molar-refractivity contribution in [3.63, 3.8) is 0 Å². The van der Waals surface area contributed by atoms with Gasteiger partial charge in [0.05, 0.1) is 17.6 Å². The van der Waals surface area contributed by atoms with Crippen molar-refractivity contribution in [2.24, 2.45) is 0 Å². The topological polar surface area (TPSA) is 100.0 Å². The summed E-state index contributed by atoms with van der Waals surface area (Å²) >= 11 is 2.81. The zero-order valence-electron chi connectivity index (χ0n) is 16.1. The van der Waals surface area contributed by atoms with Gasteiger partial charge in [0.2, 0.25) is 5.91 Å². The largest absolute Gasteiger partial charge is 0.461 e. The molecular formula is C19H20N6O2S2. The van der Waals surface area contributed by atoms with E-state index in [2.05, 4.69) is 33.5 Å². The van der Waals surface area contributed by atoms with Crippen LogP contribution in [0.2, 0.25) is 0 Å². The monoisotopic (exact) mass is 428 g/mol. The number of thioether (sulfide) groups is 1. The maximum absolute atomic E-state index is 12.5. The van der Waals surface area contributed by atoms with E-state index in [0.717, 1.165) is 30.0 Å². The summed E-state index contributed by atoms with van der Waals surface area (Å²) in [6.45, 7) is 4.39. The fraction of sp³-hybridized carbons (Fsp3) is 0.368. The van der Waals surface area contributed by atoms with Gasteiger partial charge in [0.15, 0.2) is 16.7 Å². The summed E-state index contributed by atoms with van der Waals surface area (Å²) in [4.78, 5) is 15.9. The molecule has 29 heavy (non-hydrogen) atoms. The van der Waals surface area contributed by atoms with Crippen LogP contribution in [0.1, 0.15) is 22.9 Å². The van der Waals surface area contributed by atoms with Crippen molar-refractivity contribution in [1.82, 2.24) is 19.7 Å². The number of hydrogen-bond donors (Lipinski definition) is 1. The number of carbonyl (C=O) groups is 1. The predicted molar refractivity (Wildman–Crippen MR) is 112 cm³/mol. The number of nitrogens with one attached hydrogen (secondary N) is 1. The average molecular weight is 429 g/mol. The SMILES string of the molecule is CCn1c(SCC(=O)Nc2sc3c(c2C#N)CCN(C)C3)nnc1-c1ccco1. The predicted octanol–water partition coefficient (Wildman–Crippen LogP) is 3.21. The van der Waals surface area contributed by atoms with Gasteiger partial charge in [0, 0.05) is 24.5 Å². The highest BCUT2D eigenvalue weighted by Gasteiger charge is 2.24. The van der Waals surface area contributed by atoms with Gasteiger partial charge in [-0.25, -0.2) is 0 Å². The van der Waals surface area contributed by atoms with Crippen LogP contribution in [0, 0.1) is 11.3 Å². The van der Waals surface area contributed by atoms with E-state index in [1.54, 1.807) is 12.3 Å². The first-order valence-corrected chi connectivity index (χ1v) is 11.0. The van der Waals surface area contributed by atoms with E-state index < -0.39 is 0 Å². The molecule has 0 aliphatic carbocycles. The zero-order chi connectivity index (χ0) is 20.4. The number of fused-ring (bicyclic) bond motifs is 1. The second-order valence-corrected chi connectivity index (χ2v) is 8.72. The molecule has 1 aliphatic heterocycles. The fourth-order valence-corrected chi connectivity index (χ4v) is 5.40. The lowest BCUT2D eigenvalue weighted by Gasteiger charge is -2.21. The lowest BCUT2D eigenvalue weighted by atomic mass is 10.0. The number of nitriles is 1. The molecular weight excluding hydrogens is 408 g/mol. The molecule has 0 unspecified atom stereocenters. The number of amides is 1. The number of furan rings is 1. The number of thiophene rings is 1. The van der Waals surface area contributed by atoms with Crippen LogP contribution in [-0.2, 0) is 24.3 Å². The van der Waals surface area contributed by atoms with Crippen molar-refractivity contribution in [3.05, 3.63) is 34.4 Å². The molecule has 8 nitrogen and oxygen atoms in total. The first-order chi connectivity index (χ1) is 14.1. The Morgan fingerprint density at radius 2 is 2.34 bits per heavy atom. The van der Waals surface area contributed by atoms with Gasteiger partial charge in [0.1, 0.15) is 11.1 Å². The Bertz CT molecular complexity index is 1060. The molecule has 0 bridgehead atoms. The highest BCUT2D eigenvalue weighted by Crippen LogP contribution is 2.36. The number of likely N-dealkylation sites (N-methyl/N-ethyl adjacent to an activating group) is 1. The first-order valence-electron chi connectivity index (χ1n) is 9.23. The van der Waals surface area contributed by atoms with Crippen LogP contribution in [0.3, 0.4) is 0 Å². The lowest BCUT2D eigenvalue weighted by molar-refractivity contribution is -0.113. The minimum absolute atomic E-state index is 0.163. The number of nitrogens with zero attached hydrogens (tertiary/aromatic N) is 5. The minimum Gasteiger partial charge on any atom is -0.461 e. The van der Waals surface area contributed by atoms with Crippen molar-refractivity contribution < 1.29 is 9.21 Å². The third-order valence-corrected chi connectivity index (χ3v) is 6.82. The molecule has 1 aliphatic rings. The van der Waals surface area contributed by atoms with E-state index in [9.17, 15) is 10.1 Å². The molecule has 1 N–H and O–H groups in total. The standard InChI is InChI=1S/C19H20N6O2S2/c1-3-25-17(14-5-4-8-27-14)22-23-19(25)28-11-16(26)21-18-13(9-20)12-6-7-24(2)10-15(12)29-18/h4-5,8H,3,6-7,10-11H2,1-2H3,(H,21,26). The van der Waals surface area contributed by atoms with Gasteiger partial charge in [-0.15, -0.1) is 21.5 Å². The van der Waals surface area contributed by atoms with Crippen molar-refractivity contribution in [2.75, 3.05) is 24.7 Å². The average Bonchev–Trinajstić information content (AvgIpc) is 3.43. The molecule has 4 rings (SSSR count). The number of aromatic nitrogens is 3. The maximum atomic E-state index is 12.5. The molecule has 0 spiro atoms. The van der Waals surface area contributed by atoms with Gasteiger partial charge in [-0.1, -0.05) is 11.8 Å². The van der Waals surface area contributed by atoms with Crippen LogP contribution in [0.15, 0.2) is 28.0 Å².